The van der Waals surface area contributed by atoms with Crippen molar-refractivity contribution in [2.45, 2.75) is 30.2 Å². The Morgan fingerprint density at radius 2 is 2.20 bits per heavy atom. The Hall–Kier alpha value is -1.61. The zero-order valence-corrected chi connectivity index (χ0v) is 12.4. The van der Waals surface area contributed by atoms with Crippen molar-refractivity contribution in [3.63, 3.8) is 0 Å². The lowest BCUT2D eigenvalue weighted by molar-refractivity contribution is -0.125. The molecule has 2 rings (SSSR count). The Balaban J connectivity index is 2.40. The lowest BCUT2D eigenvalue weighted by atomic mass is 10.0. The van der Waals surface area contributed by atoms with E-state index in [0.717, 1.165) is 12.8 Å². The predicted octanol–water partition coefficient (Wildman–Crippen LogP) is -0.708. The van der Waals surface area contributed by atoms with Crippen LogP contribution in [0.5, 0.6) is 0 Å². The number of amides is 1. The van der Waals surface area contributed by atoms with Gasteiger partial charge in [-0.05, 0) is 12.8 Å². The van der Waals surface area contributed by atoms with Crippen LogP contribution in [0.15, 0.2) is 11.1 Å². The van der Waals surface area contributed by atoms with Gasteiger partial charge in [0.2, 0.25) is 15.9 Å². The molecular formula is C11H19N5O3S. The summed E-state index contributed by atoms with van der Waals surface area (Å²) in [5, 5.41) is 6.36. The molecule has 112 valence electrons. The van der Waals surface area contributed by atoms with Gasteiger partial charge in [-0.25, -0.2) is 8.42 Å². The van der Waals surface area contributed by atoms with E-state index in [9.17, 15) is 13.2 Å². The Morgan fingerprint density at radius 3 is 2.75 bits per heavy atom. The molecule has 1 aromatic heterocycles. The first-order valence-electron chi connectivity index (χ1n) is 6.40. The highest BCUT2D eigenvalue weighted by Crippen LogP contribution is 2.27. The average Bonchev–Trinajstić information content (AvgIpc) is 2.77. The van der Waals surface area contributed by atoms with E-state index in [4.69, 9.17) is 5.73 Å². The fourth-order valence-corrected chi connectivity index (χ4v) is 4.18. The van der Waals surface area contributed by atoms with Gasteiger partial charge in [-0.2, -0.15) is 9.40 Å². The van der Waals surface area contributed by atoms with Crippen LogP contribution in [0.2, 0.25) is 0 Å². The van der Waals surface area contributed by atoms with Crippen LogP contribution >= 0.6 is 0 Å². The van der Waals surface area contributed by atoms with Crippen LogP contribution in [0.3, 0.4) is 0 Å². The van der Waals surface area contributed by atoms with Crippen molar-refractivity contribution >= 4 is 21.7 Å². The molecule has 2 heterocycles. The summed E-state index contributed by atoms with van der Waals surface area (Å²) in [6, 6.07) is -0.682. The number of nitrogens with one attached hydrogen (secondary N) is 1. The molecule has 3 N–H and O–H groups in total. The minimum Gasteiger partial charge on any atom is -0.381 e. The second kappa shape index (κ2) is 5.41. The topological polar surface area (TPSA) is 110 Å². The number of anilines is 1. The summed E-state index contributed by atoms with van der Waals surface area (Å²) in [6.07, 6.45) is 3.43. The minimum atomic E-state index is -3.81. The van der Waals surface area contributed by atoms with Gasteiger partial charge in [-0.1, -0.05) is 6.42 Å². The highest BCUT2D eigenvalue weighted by molar-refractivity contribution is 7.89. The van der Waals surface area contributed by atoms with E-state index in [0.29, 0.717) is 13.0 Å². The number of hydrogen-bond donors (Lipinski definition) is 2. The molecule has 0 aliphatic carbocycles. The fourth-order valence-electron chi connectivity index (χ4n) is 2.43. The number of carbonyl (C=O) groups is 1. The van der Waals surface area contributed by atoms with Crippen LogP contribution in [0.4, 0.5) is 5.82 Å². The van der Waals surface area contributed by atoms with Gasteiger partial charge in [0.25, 0.3) is 0 Å². The third-order valence-corrected chi connectivity index (χ3v) is 5.34. The van der Waals surface area contributed by atoms with Crippen molar-refractivity contribution in [1.29, 1.82) is 0 Å². The highest BCUT2D eigenvalue weighted by atomic mass is 32.2. The molecule has 0 radical (unpaired) electrons. The van der Waals surface area contributed by atoms with E-state index in [1.54, 1.807) is 7.05 Å². The van der Waals surface area contributed by atoms with E-state index in [1.165, 1.54) is 22.2 Å². The molecule has 1 amide bonds. The number of likely N-dealkylation sites (N-methyl/N-ethyl adjacent to an activating group) is 1. The van der Waals surface area contributed by atoms with Crippen LogP contribution in [0, 0.1) is 0 Å². The summed E-state index contributed by atoms with van der Waals surface area (Å²) >= 11 is 0. The van der Waals surface area contributed by atoms with Gasteiger partial charge in [0.05, 0.1) is 0 Å². The maximum absolute atomic E-state index is 12.7. The molecule has 0 spiro atoms. The number of rotatable bonds is 3. The maximum atomic E-state index is 12.7. The van der Waals surface area contributed by atoms with Gasteiger partial charge in [0.15, 0.2) is 5.82 Å². The Kier molecular flexibility index (Phi) is 4.00. The molecule has 1 fully saturated rings. The SMILES string of the molecule is CNC(=O)C1CCCCN1S(=O)(=O)c1cn(C)nc1N. The molecule has 0 saturated carbocycles. The van der Waals surface area contributed by atoms with E-state index < -0.39 is 16.1 Å². The van der Waals surface area contributed by atoms with Gasteiger partial charge in [-0.15, -0.1) is 0 Å². The first-order chi connectivity index (χ1) is 9.37. The fraction of sp³-hybridized carbons (Fsp3) is 0.636. The van der Waals surface area contributed by atoms with Crippen molar-refractivity contribution in [2.75, 3.05) is 19.3 Å². The number of hydrogen-bond acceptors (Lipinski definition) is 5. The zero-order valence-electron chi connectivity index (χ0n) is 11.5. The molecular weight excluding hydrogens is 282 g/mol. The first-order valence-corrected chi connectivity index (χ1v) is 7.84. The summed E-state index contributed by atoms with van der Waals surface area (Å²) in [5.41, 5.74) is 5.65. The van der Waals surface area contributed by atoms with Crippen molar-refractivity contribution in [3.8, 4) is 0 Å². The van der Waals surface area contributed by atoms with E-state index in [2.05, 4.69) is 10.4 Å². The second-order valence-corrected chi connectivity index (χ2v) is 6.65. The van der Waals surface area contributed by atoms with E-state index in [-0.39, 0.29) is 16.6 Å². The Bertz CT molecular complexity index is 610. The quantitative estimate of drug-likeness (QED) is 0.766. The predicted molar refractivity (Wildman–Crippen MR) is 73.2 cm³/mol. The molecule has 0 bridgehead atoms. The van der Waals surface area contributed by atoms with Crippen molar-refractivity contribution in [3.05, 3.63) is 6.20 Å². The minimum absolute atomic E-state index is 0.0456. The van der Waals surface area contributed by atoms with E-state index in [1.807, 2.05) is 0 Å². The summed E-state index contributed by atoms with van der Waals surface area (Å²) < 4.78 is 27.9. The third-order valence-electron chi connectivity index (χ3n) is 3.41. The summed E-state index contributed by atoms with van der Waals surface area (Å²) in [7, 11) is -0.713. The largest absolute Gasteiger partial charge is 0.381 e. The second-order valence-electron chi connectivity index (χ2n) is 4.79. The molecule has 8 nitrogen and oxygen atoms in total. The lowest BCUT2D eigenvalue weighted by Crippen LogP contribution is -2.51. The van der Waals surface area contributed by atoms with Crippen molar-refractivity contribution in [2.24, 2.45) is 7.05 Å². The molecule has 1 aromatic rings. The zero-order chi connectivity index (χ0) is 14.9. The molecule has 1 atom stereocenters. The number of aryl methyl sites for hydroxylation is 1. The van der Waals surface area contributed by atoms with E-state index >= 15 is 0 Å². The monoisotopic (exact) mass is 301 g/mol. The number of piperidine rings is 1. The van der Waals surface area contributed by atoms with Crippen LogP contribution in [-0.2, 0) is 21.9 Å². The number of sulfonamides is 1. The normalized spacial score (nSPS) is 20.8. The van der Waals surface area contributed by atoms with Gasteiger partial charge in [-0.3, -0.25) is 9.48 Å². The molecule has 1 unspecified atom stereocenters. The number of nitrogen functional groups attached to an aromatic ring is 1. The smallest absolute Gasteiger partial charge is 0.249 e. The van der Waals surface area contributed by atoms with Gasteiger partial charge in [0, 0.05) is 26.8 Å². The third kappa shape index (κ3) is 2.50. The summed E-state index contributed by atoms with van der Waals surface area (Å²) in [4.78, 5) is 11.8. The molecule has 0 aromatic carbocycles. The number of carbonyl (C=O) groups excluding carboxylic acids is 1. The van der Waals surface area contributed by atoms with Crippen LogP contribution in [-0.4, -0.2) is 48.0 Å². The van der Waals surface area contributed by atoms with Gasteiger partial charge >= 0.3 is 0 Å². The highest BCUT2D eigenvalue weighted by Gasteiger charge is 2.38. The van der Waals surface area contributed by atoms with Crippen LogP contribution < -0.4 is 11.1 Å². The average molecular weight is 301 g/mol. The standard InChI is InChI=1S/C11H19N5O3S/c1-13-11(17)8-5-3-4-6-16(8)20(18,19)9-7-15(2)14-10(9)12/h7-8H,3-6H2,1-2H3,(H2,12,14)(H,13,17). The van der Waals surface area contributed by atoms with Crippen molar-refractivity contribution in [1.82, 2.24) is 19.4 Å². The Labute approximate surface area is 118 Å². The lowest BCUT2D eigenvalue weighted by Gasteiger charge is -2.33. The first kappa shape index (κ1) is 14.8. The number of nitrogens with two attached hydrogens (primary N) is 1. The molecule has 1 aliphatic rings. The number of aromatic nitrogens is 2. The number of nitrogens with zero attached hydrogens (tertiary/aromatic N) is 3. The van der Waals surface area contributed by atoms with Crippen molar-refractivity contribution < 1.29 is 13.2 Å². The van der Waals surface area contributed by atoms with Crippen LogP contribution in [0.1, 0.15) is 19.3 Å². The maximum Gasteiger partial charge on any atom is 0.249 e. The molecule has 20 heavy (non-hydrogen) atoms. The van der Waals surface area contributed by atoms with Gasteiger partial charge < -0.3 is 11.1 Å². The Morgan fingerprint density at radius 1 is 1.50 bits per heavy atom. The summed E-state index contributed by atoms with van der Waals surface area (Å²) in [5.74, 6) is -0.343. The molecule has 9 heteroatoms. The molecule has 1 saturated heterocycles. The summed E-state index contributed by atoms with van der Waals surface area (Å²) in [6.45, 7) is 0.314. The van der Waals surface area contributed by atoms with Gasteiger partial charge in [0.1, 0.15) is 10.9 Å². The van der Waals surface area contributed by atoms with Crippen LogP contribution in [0.25, 0.3) is 0 Å². The molecule has 1 aliphatic heterocycles.